The first-order valence-electron chi connectivity index (χ1n) is 6.48. The fourth-order valence-corrected chi connectivity index (χ4v) is 2.28. The maximum atomic E-state index is 10.2. The van der Waals surface area contributed by atoms with Crippen molar-refractivity contribution in [3.05, 3.63) is 35.4 Å². The summed E-state index contributed by atoms with van der Waals surface area (Å²) in [5.74, 6) is 1.12. The summed E-state index contributed by atoms with van der Waals surface area (Å²) in [6, 6.07) is 8.29. The van der Waals surface area contributed by atoms with Crippen LogP contribution in [0.25, 0.3) is 0 Å². The second kappa shape index (κ2) is 5.65. The third-order valence-corrected chi connectivity index (χ3v) is 3.78. The average Bonchev–Trinajstić information content (AvgIpc) is 3.19. The predicted octanol–water partition coefficient (Wildman–Crippen LogP) is 2.96. The summed E-state index contributed by atoms with van der Waals surface area (Å²) in [5.41, 5.74) is 2.31. The molecule has 0 spiro atoms. The highest BCUT2D eigenvalue weighted by Gasteiger charge is 2.32. The Bertz CT molecular complexity index is 340. The molecule has 1 saturated carbocycles. The SMILES string of the molecule is COCCc1ccc(C(O)C(C)C2CC2)cc1. The van der Waals surface area contributed by atoms with Gasteiger partial charge in [0, 0.05) is 7.11 Å². The molecule has 2 nitrogen and oxygen atoms in total. The van der Waals surface area contributed by atoms with Gasteiger partial charge < -0.3 is 9.84 Å². The Hall–Kier alpha value is -0.860. The van der Waals surface area contributed by atoms with Gasteiger partial charge in [-0.25, -0.2) is 0 Å². The Labute approximate surface area is 104 Å². The molecule has 0 saturated heterocycles. The van der Waals surface area contributed by atoms with Gasteiger partial charge in [0.25, 0.3) is 0 Å². The van der Waals surface area contributed by atoms with Crippen LogP contribution in [0, 0.1) is 11.8 Å². The number of hydrogen-bond acceptors (Lipinski definition) is 2. The normalized spacial score (nSPS) is 19.0. The van der Waals surface area contributed by atoms with Crippen LogP contribution in [0.5, 0.6) is 0 Å². The van der Waals surface area contributed by atoms with Crippen molar-refractivity contribution >= 4 is 0 Å². The fourth-order valence-electron chi connectivity index (χ4n) is 2.28. The van der Waals surface area contributed by atoms with Crippen molar-refractivity contribution in [2.45, 2.75) is 32.3 Å². The van der Waals surface area contributed by atoms with E-state index < -0.39 is 0 Å². The summed E-state index contributed by atoms with van der Waals surface area (Å²) in [4.78, 5) is 0. The molecular formula is C15H22O2. The smallest absolute Gasteiger partial charge is 0.0818 e. The van der Waals surface area contributed by atoms with E-state index in [1.54, 1.807) is 7.11 Å². The lowest BCUT2D eigenvalue weighted by Crippen LogP contribution is -2.11. The standard InChI is InChI=1S/C15H22O2/c1-11(13-7-8-13)15(16)14-5-3-12(4-6-14)9-10-17-2/h3-6,11,13,15-16H,7-10H2,1-2H3. The number of ether oxygens (including phenoxy) is 1. The van der Waals surface area contributed by atoms with E-state index >= 15 is 0 Å². The van der Waals surface area contributed by atoms with Crippen molar-refractivity contribution in [3.8, 4) is 0 Å². The monoisotopic (exact) mass is 234 g/mol. The van der Waals surface area contributed by atoms with Crippen LogP contribution in [0.15, 0.2) is 24.3 Å². The van der Waals surface area contributed by atoms with Gasteiger partial charge in [-0.05, 0) is 42.2 Å². The lowest BCUT2D eigenvalue weighted by Gasteiger charge is -2.18. The van der Waals surface area contributed by atoms with Crippen LogP contribution in [-0.4, -0.2) is 18.8 Å². The molecule has 2 atom stereocenters. The Kier molecular flexibility index (Phi) is 4.19. The highest BCUT2D eigenvalue weighted by Crippen LogP contribution is 2.42. The molecule has 0 bridgehead atoms. The molecule has 17 heavy (non-hydrogen) atoms. The number of methoxy groups -OCH3 is 1. The van der Waals surface area contributed by atoms with E-state index in [9.17, 15) is 5.11 Å². The molecule has 1 N–H and O–H groups in total. The minimum Gasteiger partial charge on any atom is -0.388 e. The predicted molar refractivity (Wildman–Crippen MR) is 68.9 cm³/mol. The Balaban J connectivity index is 1.96. The van der Waals surface area contributed by atoms with E-state index in [0.717, 1.165) is 24.5 Å². The molecule has 0 heterocycles. The number of aliphatic hydroxyl groups is 1. The maximum Gasteiger partial charge on any atom is 0.0818 e. The second-order valence-electron chi connectivity index (χ2n) is 5.13. The van der Waals surface area contributed by atoms with E-state index in [4.69, 9.17) is 4.74 Å². The van der Waals surface area contributed by atoms with Gasteiger partial charge in [-0.1, -0.05) is 31.2 Å². The summed E-state index contributed by atoms with van der Waals surface area (Å²) in [7, 11) is 1.72. The Morgan fingerprint density at radius 2 is 1.94 bits per heavy atom. The molecule has 0 radical (unpaired) electrons. The van der Waals surface area contributed by atoms with Crippen LogP contribution in [0.4, 0.5) is 0 Å². The molecule has 1 aliphatic carbocycles. The molecular weight excluding hydrogens is 212 g/mol. The molecule has 1 fully saturated rings. The number of hydrogen-bond donors (Lipinski definition) is 1. The molecule has 0 aromatic heterocycles. The zero-order chi connectivity index (χ0) is 12.3. The van der Waals surface area contributed by atoms with E-state index in [1.165, 1.54) is 18.4 Å². The number of rotatable bonds is 6. The zero-order valence-electron chi connectivity index (χ0n) is 10.7. The van der Waals surface area contributed by atoms with Gasteiger partial charge in [-0.3, -0.25) is 0 Å². The zero-order valence-corrected chi connectivity index (χ0v) is 10.7. The topological polar surface area (TPSA) is 29.5 Å². The van der Waals surface area contributed by atoms with Gasteiger partial charge in [0.1, 0.15) is 0 Å². The third kappa shape index (κ3) is 3.30. The Morgan fingerprint density at radius 1 is 1.29 bits per heavy atom. The molecule has 2 unspecified atom stereocenters. The van der Waals surface area contributed by atoms with Crippen LogP contribution in [0.1, 0.15) is 37.0 Å². The summed E-state index contributed by atoms with van der Waals surface area (Å²) in [6.45, 7) is 2.90. The van der Waals surface area contributed by atoms with Crippen molar-refractivity contribution in [1.82, 2.24) is 0 Å². The summed E-state index contributed by atoms with van der Waals surface area (Å²) in [5, 5.41) is 10.2. The minimum absolute atomic E-state index is 0.307. The van der Waals surface area contributed by atoms with Gasteiger partial charge in [0.15, 0.2) is 0 Å². The first-order valence-corrected chi connectivity index (χ1v) is 6.48. The van der Waals surface area contributed by atoms with E-state index in [-0.39, 0.29) is 6.10 Å². The van der Waals surface area contributed by atoms with Crippen LogP contribution in [0.2, 0.25) is 0 Å². The summed E-state index contributed by atoms with van der Waals surface area (Å²) >= 11 is 0. The minimum atomic E-state index is -0.307. The van der Waals surface area contributed by atoms with Crippen LogP contribution in [-0.2, 0) is 11.2 Å². The quantitative estimate of drug-likeness (QED) is 0.820. The maximum absolute atomic E-state index is 10.2. The van der Waals surface area contributed by atoms with Crippen molar-refractivity contribution in [1.29, 1.82) is 0 Å². The molecule has 0 aliphatic heterocycles. The second-order valence-corrected chi connectivity index (χ2v) is 5.13. The molecule has 0 amide bonds. The molecule has 1 aromatic rings. The Morgan fingerprint density at radius 3 is 2.47 bits per heavy atom. The van der Waals surface area contributed by atoms with E-state index in [0.29, 0.717) is 5.92 Å². The third-order valence-electron chi connectivity index (χ3n) is 3.78. The van der Waals surface area contributed by atoms with Crippen molar-refractivity contribution < 1.29 is 9.84 Å². The van der Waals surface area contributed by atoms with E-state index in [1.807, 2.05) is 0 Å². The molecule has 1 aliphatic rings. The fraction of sp³-hybridized carbons (Fsp3) is 0.600. The molecule has 2 heteroatoms. The largest absolute Gasteiger partial charge is 0.388 e. The highest BCUT2D eigenvalue weighted by atomic mass is 16.5. The van der Waals surface area contributed by atoms with Crippen molar-refractivity contribution in [2.75, 3.05) is 13.7 Å². The van der Waals surface area contributed by atoms with Gasteiger partial charge in [-0.2, -0.15) is 0 Å². The van der Waals surface area contributed by atoms with Crippen LogP contribution >= 0.6 is 0 Å². The highest BCUT2D eigenvalue weighted by molar-refractivity contribution is 5.25. The first-order chi connectivity index (χ1) is 8.22. The van der Waals surface area contributed by atoms with Crippen LogP contribution in [0.3, 0.4) is 0 Å². The summed E-state index contributed by atoms with van der Waals surface area (Å²) < 4.78 is 5.05. The molecule has 1 aromatic carbocycles. The van der Waals surface area contributed by atoms with E-state index in [2.05, 4.69) is 31.2 Å². The lowest BCUT2D eigenvalue weighted by atomic mass is 9.92. The van der Waals surface area contributed by atoms with Crippen LogP contribution < -0.4 is 0 Å². The molecule has 2 rings (SSSR count). The average molecular weight is 234 g/mol. The number of benzene rings is 1. The van der Waals surface area contributed by atoms with Gasteiger partial charge in [0.05, 0.1) is 12.7 Å². The van der Waals surface area contributed by atoms with Gasteiger partial charge in [0.2, 0.25) is 0 Å². The van der Waals surface area contributed by atoms with Gasteiger partial charge >= 0.3 is 0 Å². The first kappa shape index (κ1) is 12.6. The van der Waals surface area contributed by atoms with Gasteiger partial charge in [-0.15, -0.1) is 0 Å². The number of aliphatic hydroxyl groups excluding tert-OH is 1. The molecule has 94 valence electrons. The summed E-state index contributed by atoms with van der Waals surface area (Å²) in [6.07, 6.45) is 3.19. The van der Waals surface area contributed by atoms with Crippen molar-refractivity contribution in [2.24, 2.45) is 11.8 Å². The van der Waals surface area contributed by atoms with Crippen molar-refractivity contribution in [3.63, 3.8) is 0 Å². The lowest BCUT2D eigenvalue weighted by molar-refractivity contribution is 0.106.